The van der Waals surface area contributed by atoms with Gasteiger partial charge in [0.1, 0.15) is 16.8 Å². The Labute approximate surface area is 195 Å². The molecule has 0 bridgehead atoms. The molecule has 1 aliphatic rings. The van der Waals surface area contributed by atoms with Gasteiger partial charge < -0.3 is 9.64 Å². The molecule has 0 saturated carbocycles. The average molecular weight is 459 g/mol. The summed E-state index contributed by atoms with van der Waals surface area (Å²) in [6.07, 6.45) is 1.40. The Morgan fingerprint density at radius 2 is 1.82 bits per heavy atom. The number of methoxy groups -OCH3 is 1. The fraction of sp³-hybridized carbons (Fsp3) is 0.200. The van der Waals surface area contributed by atoms with E-state index in [0.717, 1.165) is 28.5 Å². The maximum atomic E-state index is 13.4. The molecule has 0 aliphatic carbocycles. The number of amides is 2. The van der Waals surface area contributed by atoms with Crippen LogP contribution in [0, 0.1) is 0 Å². The molecule has 1 aliphatic heterocycles. The maximum Gasteiger partial charge on any atom is 0.255 e. The van der Waals surface area contributed by atoms with Crippen LogP contribution in [0.1, 0.15) is 23.2 Å². The Morgan fingerprint density at radius 1 is 1.03 bits per heavy atom. The summed E-state index contributed by atoms with van der Waals surface area (Å²) in [6.45, 7) is 0.549. The van der Waals surface area contributed by atoms with Crippen molar-refractivity contribution < 1.29 is 14.3 Å². The van der Waals surface area contributed by atoms with Crippen molar-refractivity contribution in [1.82, 2.24) is 15.1 Å². The van der Waals surface area contributed by atoms with E-state index in [9.17, 15) is 9.59 Å². The van der Waals surface area contributed by atoms with E-state index in [1.807, 2.05) is 66.7 Å². The highest BCUT2D eigenvalue weighted by molar-refractivity contribution is 7.18. The normalized spacial score (nSPS) is 15.5. The monoisotopic (exact) mass is 458 g/mol. The minimum Gasteiger partial charge on any atom is -0.497 e. The number of carbonyl (C=O) groups excluding carboxylic acids is 2. The van der Waals surface area contributed by atoms with E-state index in [1.54, 1.807) is 12.0 Å². The molecule has 2 amide bonds. The first-order valence-corrected chi connectivity index (χ1v) is 11.5. The third kappa shape index (κ3) is 4.17. The molecular weight excluding hydrogens is 436 g/mol. The zero-order valence-corrected chi connectivity index (χ0v) is 18.8. The van der Waals surface area contributed by atoms with Crippen LogP contribution in [0.15, 0.2) is 66.7 Å². The van der Waals surface area contributed by atoms with E-state index in [4.69, 9.17) is 4.74 Å². The van der Waals surface area contributed by atoms with Crippen LogP contribution in [-0.4, -0.2) is 46.6 Å². The number of likely N-dealkylation sites (tertiary alicyclic amines) is 1. The average Bonchev–Trinajstić information content (AvgIpc) is 3.53. The Hall–Kier alpha value is -3.78. The lowest BCUT2D eigenvalue weighted by Gasteiger charge is -2.24. The number of anilines is 1. The molecule has 1 atom stereocenters. The molecule has 2 heterocycles. The highest BCUT2D eigenvalue weighted by Crippen LogP contribution is 2.29. The van der Waals surface area contributed by atoms with Gasteiger partial charge in [0.15, 0.2) is 0 Å². The number of fused-ring (bicyclic) bond motifs is 1. The van der Waals surface area contributed by atoms with Gasteiger partial charge in [0, 0.05) is 17.7 Å². The second kappa shape index (κ2) is 8.99. The summed E-state index contributed by atoms with van der Waals surface area (Å²) in [4.78, 5) is 28.1. The van der Waals surface area contributed by atoms with Gasteiger partial charge in [-0.3, -0.25) is 14.9 Å². The molecule has 5 rings (SSSR count). The number of nitrogens with one attached hydrogen (secondary N) is 1. The number of rotatable bonds is 5. The molecular formula is C25H22N4O3S. The van der Waals surface area contributed by atoms with E-state index < -0.39 is 6.04 Å². The number of nitrogens with zero attached hydrogens (tertiary/aromatic N) is 3. The first-order chi connectivity index (χ1) is 16.1. The Morgan fingerprint density at radius 3 is 2.64 bits per heavy atom. The van der Waals surface area contributed by atoms with Gasteiger partial charge in [-0.05, 0) is 53.9 Å². The lowest BCUT2D eigenvalue weighted by atomic mass is 10.0. The zero-order valence-electron chi connectivity index (χ0n) is 18.0. The third-order valence-electron chi connectivity index (χ3n) is 5.83. The van der Waals surface area contributed by atoms with Gasteiger partial charge in [0.25, 0.3) is 5.91 Å². The molecule has 1 unspecified atom stereocenters. The molecule has 4 aromatic rings. The molecule has 33 heavy (non-hydrogen) atoms. The van der Waals surface area contributed by atoms with Gasteiger partial charge in [-0.1, -0.05) is 47.7 Å². The summed E-state index contributed by atoms with van der Waals surface area (Å²) in [7, 11) is 1.62. The fourth-order valence-corrected chi connectivity index (χ4v) is 4.91. The van der Waals surface area contributed by atoms with Crippen molar-refractivity contribution in [2.75, 3.05) is 19.0 Å². The number of hydrogen-bond donors (Lipinski definition) is 1. The van der Waals surface area contributed by atoms with E-state index in [-0.39, 0.29) is 11.8 Å². The number of carbonyl (C=O) groups is 2. The predicted octanol–water partition coefficient (Wildman–Crippen LogP) is 4.61. The summed E-state index contributed by atoms with van der Waals surface area (Å²) >= 11 is 1.30. The van der Waals surface area contributed by atoms with Crippen molar-refractivity contribution in [2.24, 2.45) is 0 Å². The SMILES string of the molecule is COc1ccc(-c2nnc(NC(=O)C3CCCN3C(=O)c3cccc4ccccc34)s2)cc1. The van der Waals surface area contributed by atoms with Gasteiger partial charge in [-0.25, -0.2) is 0 Å². The van der Waals surface area contributed by atoms with Gasteiger partial charge in [-0.2, -0.15) is 0 Å². The summed E-state index contributed by atoms with van der Waals surface area (Å²) in [5.74, 6) is 0.396. The molecule has 1 aromatic heterocycles. The number of aromatic nitrogens is 2. The number of ether oxygens (including phenoxy) is 1. The Balaban J connectivity index is 1.32. The molecule has 1 N–H and O–H groups in total. The first-order valence-electron chi connectivity index (χ1n) is 10.7. The van der Waals surface area contributed by atoms with Gasteiger partial charge in [0.05, 0.1) is 7.11 Å². The van der Waals surface area contributed by atoms with Crippen molar-refractivity contribution >= 4 is 39.1 Å². The third-order valence-corrected chi connectivity index (χ3v) is 6.72. The van der Waals surface area contributed by atoms with E-state index in [1.165, 1.54) is 11.3 Å². The Kier molecular flexibility index (Phi) is 5.75. The number of hydrogen-bond acceptors (Lipinski definition) is 6. The summed E-state index contributed by atoms with van der Waals surface area (Å²) < 4.78 is 5.18. The van der Waals surface area contributed by atoms with E-state index in [2.05, 4.69) is 15.5 Å². The van der Waals surface area contributed by atoms with Gasteiger partial charge >= 0.3 is 0 Å². The van der Waals surface area contributed by atoms with Crippen LogP contribution in [0.25, 0.3) is 21.3 Å². The van der Waals surface area contributed by atoms with Gasteiger partial charge in [0.2, 0.25) is 11.0 Å². The van der Waals surface area contributed by atoms with Crippen molar-refractivity contribution in [3.8, 4) is 16.3 Å². The molecule has 7 nitrogen and oxygen atoms in total. The molecule has 8 heteroatoms. The van der Waals surface area contributed by atoms with Crippen molar-refractivity contribution in [1.29, 1.82) is 0 Å². The molecule has 166 valence electrons. The standard InChI is InChI=1S/C25H22N4O3S/c1-32-18-13-11-17(12-14-18)23-27-28-25(33-23)26-22(30)21-10-5-15-29(21)24(31)20-9-4-7-16-6-2-3-8-19(16)20/h2-4,6-9,11-14,21H,5,10,15H2,1H3,(H,26,28,30). The smallest absolute Gasteiger partial charge is 0.255 e. The minimum absolute atomic E-state index is 0.124. The first kappa shape index (κ1) is 21.1. The fourth-order valence-electron chi connectivity index (χ4n) is 4.16. The molecule has 3 aromatic carbocycles. The number of benzene rings is 3. The highest BCUT2D eigenvalue weighted by Gasteiger charge is 2.35. The lowest BCUT2D eigenvalue weighted by Crippen LogP contribution is -2.43. The van der Waals surface area contributed by atoms with Crippen LogP contribution in [0.3, 0.4) is 0 Å². The maximum absolute atomic E-state index is 13.4. The zero-order chi connectivity index (χ0) is 22.8. The molecule has 0 radical (unpaired) electrons. The summed E-state index contributed by atoms with van der Waals surface area (Å²) in [6, 6.07) is 20.4. The van der Waals surface area contributed by atoms with Crippen LogP contribution in [0.5, 0.6) is 5.75 Å². The quantitative estimate of drug-likeness (QED) is 0.472. The van der Waals surface area contributed by atoms with Crippen molar-refractivity contribution in [3.05, 3.63) is 72.3 Å². The van der Waals surface area contributed by atoms with Crippen LogP contribution < -0.4 is 10.1 Å². The van der Waals surface area contributed by atoms with Crippen LogP contribution in [0.4, 0.5) is 5.13 Å². The van der Waals surface area contributed by atoms with Crippen molar-refractivity contribution in [3.63, 3.8) is 0 Å². The second-order valence-electron chi connectivity index (χ2n) is 7.81. The largest absolute Gasteiger partial charge is 0.497 e. The second-order valence-corrected chi connectivity index (χ2v) is 8.79. The van der Waals surface area contributed by atoms with Gasteiger partial charge in [-0.15, -0.1) is 10.2 Å². The van der Waals surface area contributed by atoms with Crippen LogP contribution >= 0.6 is 11.3 Å². The molecule has 1 saturated heterocycles. The van der Waals surface area contributed by atoms with E-state index in [0.29, 0.717) is 28.7 Å². The van der Waals surface area contributed by atoms with E-state index >= 15 is 0 Å². The van der Waals surface area contributed by atoms with Crippen LogP contribution in [0.2, 0.25) is 0 Å². The van der Waals surface area contributed by atoms with Crippen molar-refractivity contribution in [2.45, 2.75) is 18.9 Å². The highest BCUT2D eigenvalue weighted by atomic mass is 32.1. The Bertz CT molecular complexity index is 1310. The van der Waals surface area contributed by atoms with Crippen LogP contribution in [-0.2, 0) is 4.79 Å². The topological polar surface area (TPSA) is 84.4 Å². The summed E-state index contributed by atoms with van der Waals surface area (Å²) in [5.41, 5.74) is 1.51. The predicted molar refractivity (Wildman–Crippen MR) is 129 cm³/mol. The molecule has 0 spiro atoms. The minimum atomic E-state index is -0.537. The summed E-state index contributed by atoms with van der Waals surface area (Å²) in [5, 5.41) is 14.2. The molecule has 1 fully saturated rings. The lowest BCUT2D eigenvalue weighted by molar-refractivity contribution is -0.119.